The lowest BCUT2D eigenvalue weighted by Crippen LogP contribution is -2.47. The molecule has 2 saturated heterocycles. The molecule has 2 amide bonds. The van der Waals surface area contributed by atoms with Gasteiger partial charge in [-0.2, -0.15) is 0 Å². The van der Waals surface area contributed by atoms with E-state index in [2.05, 4.69) is 26.1 Å². The Morgan fingerprint density at radius 2 is 1.66 bits per heavy atom. The maximum atomic E-state index is 13.1. The van der Waals surface area contributed by atoms with E-state index in [0.717, 1.165) is 43.6 Å². The number of piperidine rings is 1. The van der Waals surface area contributed by atoms with Gasteiger partial charge in [-0.15, -0.1) is 0 Å². The van der Waals surface area contributed by atoms with Crippen molar-refractivity contribution in [2.45, 2.75) is 32.1 Å². The van der Waals surface area contributed by atoms with Gasteiger partial charge in [-0.05, 0) is 63.2 Å². The van der Waals surface area contributed by atoms with Crippen molar-refractivity contribution < 1.29 is 9.59 Å². The minimum Gasteiger partial charge on any atom is -0.340 e. The molecule has 0 atom stereocenters. The van der Waals surface area contributed by atoms with Gasteiger partial charge in [-0.25, -0.2) is 0 Å². The zero-order valence-electron chi connectivity index (χ0n) is 17.2. The van der Waals surface area contributed by atoms with Crippen molar-refractivity contribution in [2.75, 3.05) is 58.9 Å². The number of hydrogen-bond donors (Lipinski definition) is 1. The number of nitrogens with zero attached hydrogens (tertiary/aromatic N) is 3. The van der Waals surface area contributed by atoms with Gasteiger partial charge in [0.25, 0.3) is 5.91 Å². The third-order valence-electron chi connectivity index (χ3n) is 5.79. The molecule has 1 N–H and O–H groups in total. The zero-order valence-corrected chi connectivity index (χ0v) is 18.8. The Balaban J connectivity index is 1.56. The number of halogens is 1. The van der Waals surface area contributed by atoms with Crippen LogP contribution in [0.3, 0.4) is 0 Å². The van der Waals surface area contributed by atoms with Crippen LogP contribution in [-0.2, 0) is 4.79 Å². The first-order valence-corrected chi connectivity index (χ1v) is 11.7. The fourth-order valence-electron chi connectivity index (χ4n) is 4.06. The van der Waals surface area contributed by atoms with Crippen molar-refractivity contribution in [1.82, 2.24) is 20.0 Å². The number of hydrogen-bond acceptors (Lipinski definition) is 4. The topological polar surface area (TPSA) is 55.9 Å². The third-order valence-corrected chi connectivity index (χ3v) is 6.32. The predicted octanol–water partition coefficient (Wildman–Crippen LogP) is 2.59. The van der Waals surface area contributed by atoms with Crippen molar-refractivity contribution in [2.24, 2.45) is 0 Å². The quantitative estimate of drug-likeness (QED) is 0.642. The number of carbonyl (C=O) groups is 2. The van der Waals surface area contributed by atoms with E-state index in [4.69, 9.17) is 0 Å². The Morgan fingerprint density at radius 1 is 0.966 bits per heavy atom. The van der Waals surface area contributed by atoms with Crippen molar-refractivity contribution in [3.63, 3.8) is 0 Å². The fourth-order valence-corrected chi connectivity index (χ4v) is 4.33. The lowest BCUT2D eigenvalue weighted by Gasteiger charge is -2.30. The number of rotatable bonds is 8. The Hall–Kier alpha value is -1.44. The first kappa shape index (κ1) is 22.2. The van der Waals surface area contributed by atoms with E-state index in [1.54, 1.807) is 0 Å². The van der Waals surface area contributed by atoms with Crippen LogP contribution in [0.5, 0.6) is 0 Å². The molecule has 2 heterocycles. The molecule has 0 aromatic heterocycles. The summed E-state index contributed by atoms with van der Waals surface area (Å²) < 4.78 is 0.958. The van der Waals surface area contributed by atoms with Gasteiger partial charge in [0.2, 0.25) is 5.91 Å². The molecule has 0 unspecified atom stereocenters. The maximum Gasteiger partial charge on any atom is 0.253 e. The average Bonchev–Trinajstić information content (AvgIpc) is 2.77. The normalized spacial score (nSPS) is 17.9. The maximum absolute atomic E-state index is 13.1. The molecule has 0 aliphatic carbocycles. The first-order chi connectivity index (χ1) is 14.1. The highest BCUT2D eigenvalue weighted by atomic mass is 79.9. The summed E-state index contributed by atoms with van der Waals surface area (Å²) in [7, 11) is 0. The summed E-state index contributed by atoms with van der Waals surface area (Å²) in [4.78, 5) is 31.9. The molecule has 0 saturated carbocycles. The molecule has 160 valence electrons. The van der Waals surface area contributed by atoms with Gasteiger partial charge in [0.05, 0.1) is 0 Å². The summed E-state index contributed by atoms with van der Waals surface area (Å²) in [6.45, 7) is 7.76. The molecule has 1 aromatic carbocycles. The summed E-state index contributed by atoms with van der Waals surface area (Å²) >= 11 is 3.43. The van der Waals surface area contributed by atoms with Gasteiger partial charge in [-0.1, -0.05) is 22.4 Å². The van der Waals surface area contributed by atoms with E-state index < -0.39 is 0 Å². The molecule has 1 aromatic rings. The Bertz CT molecular complexity index is 655. The monoisotopic (exact) mass is 464 g/mol. The lowest BCUT2D eigenvalue weighted by molar-refractivity contribution is -0.131. The second-order valence-electron chi connectivity index (χ2n) is 7.94. The lowest BCUT2D eigenvalue weighted by atomic mass is 10.1. The Kier molecular flexibility index (Phi) is 8.95. The second-order valence-corrected chi connectivity index (χ2v) is 8.85. The molecule has 2 aliphatic heterocycles. The Labute approximate surface area is 182 Å². The number of nitrogens with one attached hydrogen (secondary N) is 1. The predicted molar refractivity (Wildman–Crippen MR) is 119 cm³/mol. The number of amides is 2. The van der Waals surface area contributed by atoms with Crippen LogP contribution in [0, 0.1) is 0 Å². The van der Waals surface area contributed by atoms with Crippen molar-refractivity contribution in [3.05, 3.63) is 34.3 Å². The van der Waals surface area contributed by atoms with Gasteiger partial charge in [0.1, 0.15) is 0 Å². The van der Waals surface area contributed by atoms with Crippen molar-refractivity contribution in [3.8, 4) is 0 Å². The van der Waals surface area contributed by atoms with E-state index in [9.17, 15) is 9.59 Å². The summed E-state index contributed by atoms with van der Waals surface area (Å²) in [5.74, 6) is 0.167. The minimum absolute atomic E-state index is 0.0178. The number of piperazine rings is 1. The molecule has 3 rings (SSSR count). The van der Waals surface area contributed by atoms with E-state index in [-0.39, 0.29) is 11.8 Å². The van der Waals surface area contributed by atoms with Crippen LogP contribution in [0.15, 0.2) is 28.7 Å². The molecular formula is C22H33BrN4O2. The van der Waals surface area contributed by atoms with Gasteiger partial charge in [0, 0.05) is 55.7 Å². The number of likely N-dealkylation sites (tertiary alicyclic amines) is 1. The van der Waals surface area contributed by atoms with E-state index in [0.29, 0.717) is 25.1 Å². The van der Waals surface area contributed by atoms with Crippen LogP contribution >= 0.6 is 15.9 Å². The van der Waals surface area contributed by atoms with Gasteiger partial charge >= 0.3 is 0 Å². The zero-order chi connectivity index (χ0) is 20.5. The standard InChI is InChI=1S/C22H33BrN4O2/c23-20-7-5-19(6-8-20)22(29)27(15-4-14-25-12-2-1-3-13-25)16-9-21(28)26-17-10-24-11-18-26/h5-8,24H,1-4,9-18H2. The molecule has 6 nitrogen and oxygen atoms in total. The molecule has 0 radical (unpaired) electrons. The SMILES string of the molecule is O=C(CCN(CCCN1CCCCC1)C(=O)c1ccc(Br)cc1)N1CCNCC1. The summed E-state index contributed by atoms with van der Waals surface area (Å²) in [6.07, 6.45) is 5.23. The third kappa shape index (κ3) is 7.08. The van der Waals surface area contributed by atoms with Crippen LogP contribution in [-0.4, -0.2) is 85.4 Å². The van der Waals surface area contributed by atoms with E-state index in [1.165, 1.54) is 32.4 Å². The average molecular weight is 465 g/mol. The highest BCUT2D eigenvalue weighted by molar-refractivity contribution is 9.10. The molecule has 2 fully saturated rings. The fraction of sp³-hybridized carbons (Fsp3) is 0.636. The first-order valence-electron chi connectivity index (χ1n) is 10.9. The molecule has 7 heteroatoms. The van der Waals surface area contributed by atoms with Gasteiger partial charge in [0.15, 0.2) is 0 Å². The smallest absolute Gasteiger partial charge is 0.253 e. The highest BCUT2D eigenvalue weighted by Crippen LogP contribution is 2.14. The van der Waals surface area contributed by atoms with E-state index >= 15 is 0 Å². The van der Waals surface area contributed by atoms with Gasteiger partial charge < -0.3 is 20.0 Å². The van der Waals surface area contributed by atoms with Crippen LogP contribution in [0.4, 0.5) is 0 Å². The summed E-state index contributed by atoms with van der Waals surface area (Å²) in [6, 6.07) is 7.49. The summed E-state index contributed by atoms with van der Waals surface area (Å²) in [5, 5.41) is 3.27. The molecular weight excluding hydrogens is 432 g/mol. The van der Waals surface area contributed by atoms with E-state index in [1.807, 2.05) is 34.1 Å². The molecule has 0 spiro atoms. The molecule has 2 aliphatic rings. The van der Waals surface area contributed by atoms with Gasteiger partial charge in [-0.3, -0.25) is 9.59 Å². The Morgan fingerprint density at radius 3 is 2.34 bits per heavy atom. The van der Waals surface area contributed by atoms with Crippen LogP contribution in [0.1, 0.15) is 42.5 Å². The van der Waals surface area contributed by atoms with Crippen molar-refractivity contribution in [1.29, 1.82) is 0 Å². The summed E-state index contributed by atoms with van der Waals surface area (Å²) in [5.41, 5.74) is 0.681. The molecule has 0 bridgehead atoms. The highest BCUT2D eigenvalue weighted by Gasteiger charge is 2.21. The number of benzene rings is 1. The molecule has 29 heavy (non-hydrogen) atoms. The van der Waals surface area contributed by atoms with Crippen molar-refractivity contribution >= 4 is 27.7 Å². The minimum atomic E-state index is 0.0178. The van der Waals surface area contributed by atoms with Crippen LogP contribution in [0.25, 0.3) is 0 Å². The largest absolute Gasteiger partial charge is 0.340 e. The second kappa shape index (κ2) is 11.7. The van der Waals surface area contributed by atoms with Crippen LogP contribution < -0.4 is 5.32 Å². The van der Waals surface area contributed by atoms with Crippen LogP contribution in [0.2, 0.25) is 0 Å². The number of carbonyl (C=O) groups excluding carboxylic acids is 2.